The number of aliphatic imine (C=N–C) groups is 1. The van der Waals surface area contributed by atoms with Gasteiger partial charge in [0.25, 0.3) is 0 Å². The number of hydrogen-bond acceptors (Lipinski definition) is 3. The predicted octanol–water partition coefficient (Wildman–Crippen LogP) is 2.83. The van der Waals surface area contributed by atoms with E-state index in [1.165, 1.54) is 19.3 Å². The average molecular weight is 307 g/mol. The van der Waals surface area contributed by atoms with Gasteiger partial charge in [0, 0.05) is 30.8 Å². The highest BCUT2D eigenvalue weighted by Gasteiger charge is 2.24. The summed E-state index contributed by atoms with van der Waals surface area (Å²) < 4.78 is 5.33. The van der Waals surface area contributed by atoms with Crippen molar-refractivity contribution in [2.45, 2.75) is 37.0 Å². The van der Waals surface area contributed by atoms with Crippen LogP contribution in [0.5, 0.6) is 0 Å². The van der Waals surface area contributed by atoms with Crippen molar-refractivity contribution >= 4 is 17.7 Å². The molecule has 116 valence electrons. The van der Waals surface area contributed by atoms with Crippen LogP contribution >= 0.6 is 11.8 Å². The molecule has 1 aliphatic rings. The SMILES string of the molecule is C=CCNC(=NCCc1ccco1)NC1CCC(SC)C1. The molecule has 1 fully saturated rings. The average Bonchev–Trinajstić information content (AvgIpc) is 3.15. The largest absolute Gasteiger partial charge is 0.469 e. The second-order valence-corrected chi connectivity index (χ2v) is 6.38. The minimum absolute atomic E-state index is 0.530. The summed E-state index contributed by atoms with van der Waals surface area (Å²) in [5, 5.41) is 7.62. The van der Waals surface area contributed by atoms with E-state index < -0.39 is 0 Å². The Hall–Kier alpha value is -1.36. The molecule has 2 atom stereocenters. The molecule has 21 heavy (non-hydrogen) atoms. The summed E-state index contributed by atoms with van der Waals surface area (Å²) in [5.41, 5.74) is 0. The Morgan fingerprint density at radius 3 is 3.14 bits per heavy atom. The molecule has 1 aliphatic carbocycles. The van der Waals surface area contributed by atoms with Gasteiger partial charge in [-0.05, 0) is 37.7 Å². The van der Waals surface area contributed by atoms with E-state index in [1.807, 2.05) is 30.0 Å². The third-order valence-electron chi connectivity index (χ3n) is 3.68. The summed E-state index contributed by atoms with van der Waals surface area (Å²) in [6.07, 6.45) is 10.3. The van der Waals surface area contributed by atoms with Crippen LogP contribution < -0.4 is 10.6 Å². The van der Waals surface area contributed by atoms with Crippen molar-refractivity contribution in [3.05, 3.63) is 36.8 Å². The highest BCUT2D eigenvalue weighted by molar-refractivity contribution is 7.99. The molecule has 1 heterocycles. The second-order valence-electron chi connectivity index (χ2n) is 5.24. The molecule has 0 saturated heterocycles. The first kappa shape index (κ1) is 16.0. The minimum atomic E-state index is 0.530. The van der Waals surface area contributed by atoms with Crippen LogP contribution in [0.2, 0.25) is 0 Å². The number of guanidine groups is 1. The van der Waals surface area contributed by atoms with Gasteiger partial charge in [-0.2, -0.15) is 11.8 Å². The molecule has 0 bridgehead atoms. The Bertz CT molecular complexity index is 444. The smallest absolute Gasteiger partial charge is 0.191 e. The summed E-state index contributed by atoms with van der Waals surface area (Å²) in [6, 6.07) is 4.43. The zero-order chi connectivity index (χ0) is 14.9. The van der Waals surface area contributed by atoms with Gasteiger partial charge in [0.1, 0.15) is 5.76 Å². The van der Waals surface area contributed by atoms with Gasteiger partial charge in [-0.3, -0.25) is 4.99 Å². The zero-order valence-electron chi connectivity index (χ0n) is 12.7. The van der Waals surface area contributed by atoms with Crippen LogP contribution in [0.15, 0.2) is 40.5 Å². The van der Waals surface area contributed by atoms with Crippen molar-refractivity contribution in [2.75, 3.05) is 19.3 Å². The molecule has 0 amide bonds. The van der Waals surface area contributed by atoms with Gasteiger partial charge in [-0.25, -0.2) is 0 Å². The quantitative estimate of drug-likeness (QED) is 0.462. The Labute approximate surface area is 131 Å². The minimum Gasteiger partial charge on any atom is -0.469 e. The Morgan fingerprint density at radius 1 is 1.57 bits per heavy atom. The second kappa shape index (κ2) is 8.82. The van der Waals surface area contributed by atoms with E-state index in [2.05, 4.69) is 28.5 Å². The maximum Gasteiger partial charge on any atom is 0.191 e. The Balaban J connectivity index is 1.82. The number of rotatable bonds is 7. The summed E-state index contributed by atoms with van der Waals surface area (Å²) in [5.74, 6) is 1.86. The third kappa shape index (κ3) is 5.50. The molecule has 1 saturated carbocycles. The van der Waals surface area contributed by atoms with Crippen molar-refractivity contribution in [3.63, 3.8) is 0 Å². The molecule has 1 aromatic rings. The standard InChI is InChI=1S/C16H25N3OS/c1-3-9-17-16(18-10-8-14-5-4-11-20-14)19-13-6-7-15(12-13)21-2/h3-5,11,13,15H,1,6-10,12H2,2H3,(H2,17,18,19). The lowest BCUT2D eigenvalue weighted by Gasteiger charge is -2.17. The van der Waals surface area contributed by atoms with Crippen molar-refractivity contribution < 1.29 is 4.42 Å². The molecule has 2 unspecified atom stereocenters. The van der Waals surface area contributed by atoms with Crippen molar-refractivity contribution in [2.24, 2.45) is 4.99 Å². The predicted molar refractivity (Wildman–Crippen MR) is 91.0 cm³/mol. The van der Waals surface area contributed by atoms with E-state index in [-0.39, 0.29) is 0 Å². The first-order valence-corrected chi connectivity index (χ1v) is 8.81. The van der Waals surface area contributed by atoms with Gasteiger partial charge in [-0.1, -0.05) is 6.08 Å². The fourth-order valence-electron chi connectivity index (χ4n) is 2.53. The van der Waals surface area contributed by atoms with Crippen LogP contribution in [-0.2, 0) is 6.42 Å². The third-order valence-corrected chi connectivity index (χ3v) is 4.78. The van der Waals surface area contributed by atoms with Gasteiger partial charge >= 0.3 is 0 Å². The first-order valence-electron chi connectivity index (χ1n) is 7.52. The molecule has 0 radical (unpaired) electrons. The summed E-state index contributed by atoms with van der Waals surface area (Å²) in [4.78, 5) is 4.63. The van der Waals surface area contributed by atoms with Crippen molar-refractivity contribution in [3.8, 4) is 0 Å². The highest BCUT2D eigenvalue weighted by atomic mass is 32.2. The van der Waals surface area contributed by atoms with Crippen LogP contribution in [0, 0.1) is 0 Å². The van der Waals surface area contributed by atoms with Gasteiger partial charge in [0.15, 0.2) is 5.96 Å². The lowest BCUT2D eigenvalue weighted by molar-refractivity contribution is 0.510. The van der Waals surface area contributed by atoms with Crippen LogP contribution in [0.4, 0.5) is 0 Å². The maximum absolute atomic E-state index is 5.33. The molecule has 0 aromatic carbocycles. The summed E-state index contributed by atoms with van der Waals surface area (Å²) in [6.45, 7) is 5.20. The van der Waals surface area contributed by atoms with Crippen molar-refractivity contribution in [1.29, 1.82) is 0 Å². The van der Waals surface area contributed by atoms with Crippen LogP contribution in [0.3, 0.4) is 0 Å². The normalized spacial score (nSPS) is 22.2. The van der Waals surface area contributed by atoms with Gasteiger partial charge < -0.3 is 15.1 Å². The first-order chi connectivity index (χ1) is 10.3. The number of furan rings is 1. The molecule has 1 aromatic heterocycles. The van der Waals surface area contributed by atoms with Crippen LogP contribution in [0.1, 0.15) is 25.0 Å². The number of nitrogens with one attached hydrogen (secondary N) is 2. The van der Waals surface area contributed by atoms with Gasteiger partial charge in [0.05, 0.1) is 6.26 Å². The van der Waals surface area contributed by atoms with E-state index >= 15 is 0 Å². The van der Waals surface area contributed by atoms with E-state index in [1.54, 1.807) is 6.26 Å². The molecule has 5 heteroatoms. The molecule has 4 nitrogen and oxygen atoms in total. The number of hydrogen-bond donors (Lipinski definition) is 2. The van der Waals surface area contributed by atoms with E-state index in [9.17, 15) is 0 Å². The zero-order valence-corrected chi connectivity index (χ0v) is 13.5. The van der Waals surface area contributed by atoms with Crippen LogP contribution in [-0.4, -0.2) is 36.6 Å². The Kier molecular flexibility index (Phi) is 6.73. The van der Waals surface area contributed by atoms with Gasteiger partial charge in [0.2, 0.25) is 0 Å². The van der Waals surface area contributed by atoms with E-state index in [0.717, 1.165) is 36.5 Å². The maximum atomic E-state index is 5.33. The molecule has 0 spiro atoms. The van der Waals surface area contributed by atoms with Crippen molar-refractivity contribution in [1.82, 2.24) is 10.6 Å². The molecular weight excluding hydrogens is 282 g/mol. The monoisotopic (exact) mass is 307 g/mol. The molecule has 2 rings (SSSR count). The lowest BCUT2D eigenvalue weighted by Crippen LogP contribution is -2.42. The molecular formula is C16H25N3OS. The fraction of sp³-hybridized carbons (Fsp3) is 0.562. The van der Waals surface area contributed by atoms with E-state index in [0.29, 0.717) is 6.04 Å². The molecule has 2 N–H and O–H groups in total. The Morgan fingerprint density at radius 2 is 2.48 bits per heavy atom. The fourth-order valence-corrected chi connectivity index (χ4v) is 3.33. The highest BCUT2D eigenvalue weighted by Crippen LogP contribution is 2.27. The molecule has 0 aliphatic heterocycles. The number of nitrogens with zero attached hydrogens (tertiary/aromatic N) is 1. The summed E-state index contributed by atoms with van der Waals surface area (Å²) >= 11 is 1.97. The summed E-state index contributed by atoms with van der Waals surface area (Å²) in [7, 11) is 0. The van der Waals surface area contributed by atoms with Gasteiger partial charge in [-0.15, -0.1) is 6.58 Å². The van der Waals surface area contributed by atoms with E-state index in [4.69, 9.17) is 4.42 Å². The van der Waals surface area contributed by atoms with Crippen LogP contribution in [0.25, 0.3) is 0 Å². The topological polar surface area (TPSA) is 49.6 Å². The lowest BCUT2D eigenvalue weighted by atomic mass is 10.2. The number of thioether (sulfide) groups is 1.